The third kappa shape index (κ3) is 2.47. The van der Waals surface area contributed by atoms with Crippen LogP contribution in [0.25, 0.3) is 0 Å². The fourth-order valence-electron chi connectivity index (χ4n) is 4.02. The van der Waals surface area contributed by atoms with E-state index in [1.165, 1.54) is 0 Å². The molecule has 0 bridgehead atoms. The average molecular weight is 305 g/mol. The largest absolute Gasteiger partial charge is 0.336 e. The number of urea groups is 1. The van der Waals surface area contributed by atoms with Crippen molar-refractivity contribution in [3.8, 4) is 0 Å². The molecule has 4 nitrogen and oxygen atoms in total. The number of amides is 2. The molecular formula is C17H24FN3O. The van der Waals surface area contributed by atoms with E-state index in [-0.39, 0.29) is 22.9 Å². The molecule has 0 radical (unpaired) electrons. The maximum absolute atomic E-state index is 13.9. The standard InChI is InChI=1S/C17H24FN3O/c1-12-8-13(10-14(18)9-12)17(21(2)3)6-4-16(5-7-17)11-19-15(22)20-16/h8-10H,4-7,11H2,1-3H3,(H2,19,20,22). The van der Waals surface area contributed by atoms with E-state index in [4.69, 9.17) is 0 Å². The van der Waals surface area contributed by atoms with E-state index in [0.29, 0.717) is 6.54 Å². The Morgan fingerprint density at radius 2 is 1.82 bits per heavy atom. The van der Waals surface area contributed by atoms with Crippen molar-refractivity contribution in [3.05, 3.63) is 35.1 Å². The second-order valence-corrected chi connectivity index (χ2v) is 7.03. The molecule has 3 rings (SSSR count). The van der Waals surface area contributed by atoms with Crippen LogP contribution in [-0.2, 0) is 5.54 Å². The zero-order valence-electron chi connectivity index (χ0n) is 13.5. The molecule has 1 spiro atoms. The summed E-state index contributed by atoms with van der Waals surface area (Å²) in [6, 6.07) is 5.25. The Labute approximate surface area is 131 Å². The van der Waals surface area contributed by atoms with Crippen molar-refractivity contribution < 1.29 is 9.18 Å². The van der Waals surface area contributed by atoms with Crippen LogP contribution >= 0.6 is 0 Å². The highest BCUT2D eigenvalue weighted by Crippen LogP contribution is 2.45. The normalized spacial score (nSPS) is 31.4. The number of carbonyl (C=O) groups is 1. The van der Waals surface area contributed by atoms with Crippen molar-refractivity contribution in [2.24, 2.45) is 0 Å². The van der Waals surface area contributed by atoms with E-state index < -0.39 is 0 Å². The van der Waals surface area contributed by atoms with Gasteiger partial charge >= 0.3 is 6.03 Å². The highest BCUT2D eigenvalue weighted by molar-refractivity contribution is 5.77. The molecule has 1 aliphatic heterocycles. The molecule has 0 atom stereocenters. The molecule has 2 aliphatic rings. The lowest BCUT2D eigenvalue weighted by Crippen LogP contribution is -2.54. The zero-order valence-corrected chi connectivity index (χ0v) is 13.5. The van der Waals surface area contributed by atoms with Gasteiger partial charge < -0.3 is 10.6 Å². The van der Waals surface area contributed by atoms with E-state index >= 15 is 0 Å². The van der Waals surface area contributed by atoms with Crippen LogP contribution in [0.2, 0.25) is 0 Å². The minimum absolute atomic E-state index is 0.0704. The molecule has 1 aromatic rings. The fourth-order valence-corrected chi connectivity index (χ4v) is 4.02. The Morgan fingerprint density at radius 1 is 1.14 bits per heavy atom. The summed E-state index contributed by atoms with van der Waals surface area (Å²) in [5.74, 6) is -0.174. The summed E-state index contributed by atoms with van der Waals surface area (Å²) in [6.45, 7) is 2.62. The maximum atomic E-state index is 13.9. The Balaban J connectivity index is 1.90. The molecule has 1 aliphatic carbocycles. The lowest BCUT2D eigenvalue weighted by atomic mass is 9.68. The van der Waals surface area contributed by atoms with Crippen molar-refractivity contribution >= 4 is 6.03 Å². The van der Waals surface area contributed by atoms with Gasteiger partial charge in [0, 0.05) is 12.1 Å². The summed E-state index contributed by atoms with van der Waals surface area (Å²) in [5.41, 5.74) is 1.71. The van der Waals surface area contributed by atoms with Gasteiger partial charge in [-0.3, -0.25) is 4.90 Å². The quantitative estimate of drug-likeness (QED) is 0.882. The lowest BCUT2D eigenvalue weighted by molar-refractivity contribution is 0.0649. The number of hydrogen-bond acceptors (Lipinski definition) is 2. The maximum Gasteiger partial charge on any atom is 0.315 e. The van der Waals surface area contributed by atoms with Gasteiger partial charge in [-0.25, -0.2) is 9.18 Å². The van der Waals surface area contributed by atoms with Crippen LogP contribution in [-0.4, -0.2) is 37.1 Å². The van der Waals surface area contributed by atoms with Gasteiger partial charge in [0.25, 0.3) is 0 Å². The first-order valence-electron chi connectivity index (χ1n) is 7.86. The summed E-state index contributed by atoms with van der Waals surface area (Å²) in [5, 5.41) is 5.95. The number of halogens is 1. The molecular weight excluding hydrogens is 281 g/mol. The monoisotopic (exact) mass is 305 g/mol. The molecule has 2 fully saturated rings. The molecule has 22 heavy (non-hydrogen) atoms. The molecule has 120 valence electrons. The Bertz CT molecular complexity index is 571. The SMILES string of the molecule is Cc1cc(F)cc(C2(N(C)C)CCC3(CC2)CNC(=O)N3)c1. The number of rotatable bonds is 2. The predicted molar refractivity (Wildman–Crippen MR) is 84.2 cm³/mol. The smallest absolute Gasteiger partial charge is 0.315 e. The van der Waals surface area contributed by atoms with Gasteiger partial charge in [0.1, 0.15) is 5.82 Å². The number of carbonyl (C=O) groups excluding carboxylic acids is 1. The van der Waals surface area contributed by atoms with Gasteiger partial charge in [0.2, 0.25) is 0 Å². The number of nitrogens with one attached hydrogen (secondary N) is 2. The molecule has 0 unspecified atom stereocenters. The second-order valence-electron chi connectivity index (χ2n) is 7.03. The predicted octanol–water partition coefficient (Wildman–Crippen LogP) is 2.52. The van der Waals surface area contributed by atoms with Crippen LogP contribution in [0.15, 0.2) is 18.2 Å². The number of benzene rings is 1. The first-order chi connectivity index (χ1) is 10.4. The highest BCUT2D eigenvalue weighted by Gasteiger charge is 2.47. The minimum Gasteiger partial charge on any atom is -0.336 e. The summed E-state index contributed by atoms with van der Waals surface area (Å²) < 4.78 is 13.9. The topological polar surface area (TPSA) is 44.4 Å². The van der Waals surface area contributed by atoms with Gasteiger partial charge in [0.15, 0.2) is 0 Å². The van der Waals surface area contributed by atoms with E-state index in [1.54, 1.807) is 12.1 Å². The summed E-state index contributed by atoms with van der Waals surface area (Å²) in [4.78, 5) is 13.7. The Hall–Kier alpha value is -1.62. The molecule has 1 saturated heterocycles. The van der Waals surface area contributed by atoms with Crippen molar-refractivity contribution in [3.63, 3.8) is 0 Å². The van der Waals surface area contributed by atoms with E-state index in [1.807, 2.05) is 6.92 Å². The second kappa shape index (κ2) is 5.23. The van der Waals surface area contributed by atoms with Gasteiger partial charge in [-0.05, 0) is 70.0 Å². The molecule has 2 N–H and O–H groups in total. The van der Waals surface area contributed by atoms with Gasteiger partial charge in [0.05, 0.1) is 5.54 Å². The molecule has 2 amide bonds. The minimum atomic E-state index is -0.174. The third-order valence-electron chi connectivity index (χ3n) is 5.44. The number of nitrogens with zero attached hydrogens (tertiary/aromatic N) is 1. The van der Waals surface area contributed by atoms with Crippen LogP contribution in [0.5, 0.6) is 0 Å². The first-order valence-corrected chi connectivity index (χ1v) is 7.86. The number of aryl methyl sites for hydroxylation is 1. The van der Waals surface area contributed by atoms with Crippen molar-refractivity contribution in [1.82, 2.24) is 15.5 Å². The highest BCUT2D eigenvalue weighted by atomic mass is 19.1. The van der Waals surface area contributed by atoms with Gasteiger partial charge in [-0.1, -0.05) is 6.07 Å². The van der Waals surface area contributed by atoms with Crippen molar-refractivity contribution in [1.29, 1.82) is 0 Å². The molecule has 1 heterocycles. The zero-order chi connectivity index (χ0) is 16.0. The summed E-state index contributed by atoms with van der Waals surface area (Å²) in [6.07, 6.45) is 3.62. The number of hydrogen-bond donors (Lipinski definition) is 2. The first kappa shape index (κ1) is 15.3. The Kier molecular flexibility index (Phi) is 3.63. The average Bonchev–Trinajstić information content (AvgIpc) is 2.80. The van der Waals surface area contributed by atoms with Crippen molar-refractivity contribution in [2.45, 2.75) is 43.7 Å². The molecule has 1 saturated carbocycles. The lowest BCUT2D eigenvalue weighted by Gasteiger charge is -2.48. The van der Waals surface area contributed by atoms with Crippen LogP contribution < -0.4 is 10.6 Å². The van der Waals surface area contributed by atoms with Gasteiger partial charge in [-0.15, -0.1) is 0 Å². The van der Waals surface area contributed by atoms with Crippen LogP contribution in [0, 0.1) is 12.7 Å². The van der Waals surface area contributed by atoms with E-state index in [9.17, 15) is 9.18 Å². The van der Waals surface area contributed by atoms with E-state index in [2.05, 4.69) is 35.7 Å². The molecule has 1 aromatic carbocycles. The van der Waals surface area contributed by atoms with Crippen LogP contribution in [0.3, 0.4) is 0 Å². The summed E-state index contributed by atoms with van der Waals surface area (Å²) in [7, 11) is 4.12. The van der Waals surface area contributed by atoms with Crippen LogP contribution in [0.4, 0.5) is 9.18 Å². The van der Waals surface area contributed by atoms with E-state index in [0.717, 1.165) is 36.8 Å². The molecule has 0 aromatic heterocycles. The van der Waals surface area contributed by atoms with Gasteiger partial charge in [-0.2, -0.15) is 0 Å². The summed E-state index contributed by atoms with van der Waals surface area (Å²) >= 11 is 0. The third-order valence-corrected chi connectivity index (χ3v) is 5.44. The molecule has 5 heteroatoms. The van der Waals surface area contributed by atoms with Crippen LogP contribution in [0.1, 0.15) is 36.8 Å². The fraction of sp³-hybridized carbons (Fsp3) is 0.588. The Morgan fingerprint density at radius 3 is 2.32 bits per heavy atom. The van der Waals surface area contributed by atoms with Crippen molar-refractivity contribution in [2.75, 3.05) is 20.6 Å².